The second-order valence-corrected chi connectivity index (χ2v) is 3.98. The summed E-state index contributed by atoms with van der Waals surface area (Å²) >= 11 is 0. The van der Waals surface area contributed by atoms with E-state index < -0.39 is 11.7 Å². The van der Waals surface area contributed by atoms with E-state index in [9.17, 15) is 13.2 Å². The van der Waals surface area contributed by atoms with Crippen LogP contribution < -0.4 is 0 Å². The Balaban J connectivity index is 0.000000423. The first-order valence-electron chi connectivity index (χ1n) is 4.72. The molecule has 4 heteroatoms. The smallest absolute Gasteiger partial charge is 0.264 e. The van der Waals surface area contributed by atoms with Gasteiger partial charge in [-0.25, -0.2) is 0 Å². The van der Waals surface area contributed by atoms with E-state index in [2.05, 4.69) is 25.8 Å². The van der Waals surface area contributed by atoms with E-state index in [1.807, 2.05) is 0 Å². The van der Waals surface area contributed by atoms with E-state index >= 15 is 0 Å². The molecule has 0 aromatic carbocycles. The average Bonchev–Trinajstić information content (AvgIpc) is 2.01. The minimum absolute atomic E-state index is 0.514. The van der Waals surface area contributed by atoms with Gasteiger partial charge in [-0.05, 0) is 24.5 Å². The van der Waals surface area contributed by atoms with E-state index in [0.717, 1.165) is 18.2 Å². The van der Waals surface area contributed by atoms with Crippen molar-refractivity contribution in [3.05, 3.63) is 29.6 Å². The molecule has 1 nitrogen and oxygen atoms in total. The van der Waals surface area contributed by atoms with Crippen molar-refractivity contribution in [3.63, 3.8) is 0 Å². The Morgan fingerprint density at radius 1 is 1.13 bits per heavy atom. The van der Waals surface area contributed by atoms with Crippen LogP contribution in [0.1, 0.15) is 31.9 Å². The van der Waals surface area contributed by atoms with Gasteiger partial charge in [-0.1, -0.05) is 20.8 Å². The summed E-state index contributed by atoms with van der Waals surface area (Å²) in [6.45, 7) is 8.07. The van der Waals surface area contributed by atoms with Crippen molar-refractivity contribution in [1.82, 2.24) is 4.98 Å². The van der Waals surface area contributed by atoms with Crippen LogP contribution in [0.3, 0.4) is 0 Å². The summed E-state index contributed by atoms with van der Waals surface area (Å²) in [6.07, 6.45) is -2.08. The molecule has 1 aromatic heterocycles. The van der Waals surface area contributed by atoms with E-state index in [0.29, 0.717) is 5.56 Å². The number of halogens is 3. The topological polar surface area (TPSA) is 12.9 Å². The number of rotatable bonds is 0. The molecule has 0 aliphatic rings. The first-order valence-corrected chi connectivity index (χ1v) is 4.72. The number of pyridine rings is 1. The van der Waals surface area contributed by atoms with Crippen molar-refractivity contribution < 1.29 is 13.2 Å². The second-order valence-electron chi connectivity index (χ2n) is 3.98. The number of alkyl halides is 3. The molecule has 0 radical (unpaired) electrons. The average molecular weight is 219 g/mol. The molecule has 0 atom stereocenters. The monoisotopic (exact) mass is 219 g/mol. The van der Waals surface area contributed by atoms with E-state index in [1.54, 1.807) is 6.92 Å². The zero-order valence-electron chi connectivity index (χ0n) is 9.39. The fourth-order valence-corrected chi connectivity index (χ4v) is 0.710. The molecule has 0 fully saturated rings. The molecular weight excluding hydrogens is 203 g/mol. The zero-order valence-corrected chi connectivity index (χ0v) is 9.39. The van der Waals surface area contributed by atoms with Gasteiger partial charge in [0, 0.05) is 12.4 Å². The molecule has 15 heavy (non-hydrogen) atoms. The fraction of sp³-hybridized carbons (Fsp3) is 0.545. The third kappa shape index (κ3) is 6.94. The van der Waals surface area contributed by atoms with Crippen molar-refractivity contribution in [2.45, 2.75) is 33.9 Å². The predicted octanol–water partition coefficient (Wildman–Crippen LogP) is 4.07. The third-order valence-corrected chi connectivity index (χ3v) is 1.20. The van der Waals surface area contributed by atoms with Crippen LogP contribution in [0.5, 0.6) is 0 Å². The van der Waals surface area contributed by atoms with Gasteiger partial charge in [0.1, 0.15) is 0 Å². The Morgan fingerprint density at radius 2 is 1.60 bits per heavy atom. The van der Waals surface area contributed by atoms with Gasteiger partial charge >= 0.3 is 6.18 Å². The van der Waals surface area contributed by atoms with Gasteiger partial charge in [0.05, 0.1) is 5.56 Å². The highest BCUT2D eigenvalue weighted by Gasteiger charge is 2.30. The number of aryl methyl sites for hydroxylation is 1. The van der Waals surface area contributed by atoms with Gasteiger partial charge in [-0.3, -0.25) is 4.98 Å². The van der Waals surface area contributed by atoms with Crippen molar-refractivity contribution in [2.75, 3.05) is 0 Å². The highest BCUT2D eigenvalue weighted by Crippen LogP contribution is 2.28. The normalized spacial score (nSPS) is 10.9. The maximum atomic E-state index is 11.9. The first kappa shape index (κ1) is 13.9. The minimum atomic E-state index is -4.28. The van der Waals surface area contributed by atoms with Crippen LogP contribution in [0.2, 0.25) is 0 Å². The van der Waals surface area contributed by atoms with Crippen molar-refractivity contribution in [1.29, 1.82) is 0 Å². The molecule has 86 valence electrons. The summed E-state index contributed by atoms with van der Waals surface area (Å²) in [7, 11) is 0. The molecule has 0 aliphatic carbocycles. The summed E-state index contributed by atoms with van der Waals surface area (Å²) in [5, 5.41) is 0. The molecule has 0 unspecified atom stereocenters. The SMILES string of the molecule is CC(C)C.Cc1cncc(C(F)(F)F)c1. The quantitative estimate of drug-likeness (QED) is 0.641. The lowest BCUT2D eigenvalue weighted by Gasteiger charge is -2.05. The number of nitrogens with zero attached hydrogens (tertiary/aromatic N) is 1. The van der Waals surface area contributed by atoms with Crippen LogP contribution in [0.15, 0.2) is 18.5 Å². The summed E-state index contributed by atoms with van der Waals surface area (Å²) < 4.78 is 35.8. The number of hydrogen-bond donors (Lipinski definition) is 0. The lowest BCUT2D eigenvalue weighted by atomic mass is 10.2. The Hall–Kier alpha value is -1.06. The van der Waals surface area contributed by atoms with Crippen molar-refractivity contribution in [3.8, 4) is 0 Å². The molecule has 0 aliphatic heterocycles. The first-order chi connectivity index (χ1) is 6.73. The van der Waals surface area contributed by atoms with Crippen molar-refractivity contribution in [2.24, 2.45) is 5.92 Å². The van der Waals surface area contributed by atoms with Gasteiger partial charge in [0.25, 0.3) is 0 Å². The maximum absolute atomic E-state index is 11.9. The molecular formula is C11H16F3N. The molecule has 0 spiro atoms. The molecule has 0 saturated heterocycles. The van der Waals surface area contributed by atoms with Crippen LogP contribution in [0, 0.1) is 12.8 Å². The van der Waals surface area contributed by atoms with E-state index in [-0.39, 0.29) is 0 Å². The minimum Gasteiger partial charge on any atom is -0.264 e. The van der Waals surface area contributed by atoms with Crippen molar-refractivity contribution >= 4 is 0 Å². The van der Waals surface area contributed by atoms with Crippen LogP contribution in [0.25, 0.3) is 0 Å². The second kappa shape index (κ2) is 5.73. The van der Waals surface area contributed by atoms with Crippen LogP contribution >= 0.6 is 0 Å². The molecule has 0 N–H and O–H groups in total. The number of hydrogen-bond acceptors (Lipinski definition) is 1. The van der Waals surface area contributed by atoms with Crippen LogP contribution in [-0.2, 0) is 6.18 Å². The largest absolute Gasteiger partial charge is 0.417 e. The standard InChI is InChI=1S/C7H6F3N.C4H10/c1-5-2-6(4-11-3-5)7(8,9)10;1-4(2)3/h2-4H,1H3;4H,1-3H3. The van der Waals surface area contributed by atoms with Crippen LogP contribution in [0.4, 0.5) is 13.2 Å². The molecule has 0 saturated carbocycles. The Morgan fingerprint density at radius 3 is 1.87 bits per heavy atom. The van der Waals surface area contributed by atoms with E-state index in [1.165, 1.54) is 6.20 Å². The summed E-state index contributed by atoms with van der Waals surface area (Å²) in [4.78, 5) is 3.43. The van der Waals surface area contributed by atoms with E-state index in [4.69, 9.17) is 0 Å². The Kier molecular flexibility index (Phi) is 5.33. The van der Waals surface area contributed by atoms with Gasteiger partial charge in [-0.2, -0.15) is 13.2 Å². The third-order valence-electron chi connectivity index (χ3n) is 1.20. The summed E-state index contributed by atoms with van der Waals surface area (Å²) in [5.41, 5.74) is -0.183. The maximum Gasteiger partial charge on any atom is 0.417 e. The molecule has 1 aromatic rings. The highest BCUT2D eigenvalue weighted by molar-refractivity contribution is 5.18. The summed E-state index contributed by atoms with van der Waals surface area (Å²) in [5.74, 6) is 0.833. The lowest BCUT2D eigenvalue weighted by molar-refractivity contribution is -0.137. The van der Waals surface area contributed by atoms with Gasteiger partial charge in [0.15, 0.2) is 0 Å². The zero-order chi connectivity index (χ0) is 12.1. The van der Waals surface area contributed by atoms with Gasteiger partial charge in [-0.15, -0.1) is 0 Å². The highest BCUT2D eigenvalue weighted by atomic mass is 19.4. The summed E-state index contributed by atoms with van der Waals surface area (Å²) in [6, 6.07) is 1.06. The lowest BCUT2D eigenvalue weighted by Crippen LogP contribution is -2.05. The molecule has 1 rings (SSSR count). The van der Waals surface area contributed by atoms with Gasteiger partial charge < -0.3 is 0 Å². The Bertz CT molecular complexity index is 289. The predicted molar refractivity (Wildman–Crippen MR) is 54.5 cm³/mol. The fourth-order valence-electron chi connectivity index (χ4n) is 0.710. The Labute approximate surface area is 88.3 Å². The van der Waals surface area contributed by atoms with Crippen LogP contribution in [-0.4, -0.2) is 4.98 Å². The molecule has 0 amide bonds. The molecule has 1 heterocycles. The van der Waals surface area contributed by atoms with Gasteiger partial charge in [0.2, 0.25) is 0 Å². The number of aromatic nitrogens is 1. The molecule has 0 bridgehead atoms.